The molecular formula is C12H21N5O. The van der Waals surface area contributed by atoms with Gasteiger partial charge in [0.25, 0.3) is 5.56 Å². The van der Waals surface area contributed by atoms with Crippen LogP contribution in [0.3, 0.4) is 0 Å². The topological polar surface area (TPSA) is 76.2 Å². The molecule has 1 aliphatic rings. The van der Waals surface area contributed by atoms with Crippen molar-refractivity contribution < 1.29 is 0 Å². The summed E-state index contributed by atoms with van der Waals surface area (Å²) >= 11 is 0. The van der Waals surface area contributed by atoms with Gasteiger partial charge in [0, 0.05) is 25.7 Å². The minimum Gasteiger partial charge on any atom is -0.382 e. The number of likely N-dealkylation sites (tertiary alicyclic amines) is 1. The summed E-state index contributed by atoms with van der Waals surface area (Å²) in [6.45, 7) is 5.05. The Kier molecular flexibility index (Phi) is 4.72. The first-order chi connectivity index (χ1) is 8.79. The predicted octanol–water partition coefficient (Wildman–Crippen LogP) is -0.290. The second-order valence-electron chi connectivity index (χ2n) is 4.57. The fourth-order valence-corrected chi connectivity index (χ4v) is 2.16. The summed E-state index contributed by atoms with van der Waals surface area (Å²) in [5, 5.41) is 7.21. The number of anilines is 1. The van der Waals surface area contributed by atoms with Crippen LogP contribution in [-0.4, -0.2) is 47.4 Å². The fraction of sp³-hybridized carbons (Fsp3) is 0.667. The van der Waals surface area contributed by atoms with Crippen LogP contribution in [0, 0.1) is 0 Å². The van der Waals surface area contributed by atoms with Gasteiger partial charge in [-0.25, -0.2) is 4.68 Å². The van der Waals surface area contributed by atoms with E-state index in [1.165, 1.54) is 17.5 Å². The van der Waals surface area contributed by atoms with Gasteiger partial charge in [0.15, 0.2) is 0 Å². The van der Waals surface area contributed by atoms with E-state index in [-0.39, 0.29) is 5.56 Å². The maximum atomic E-state index is 11.8. The molecule has 0 unspecified atom stereocenters. The molecular weight excluding hydrogens is 230 g/mol. The summed E-state index contributed by atoms with van der Waals surface area (Å²) in [4.78, 5) is 14.2. The van der Waals surface area contributed by atoms with Crippen LogP contribution in [0.15, 0.2) is 17.1 Å². The molecule has 0 bridgehead atoms. The summed E-state index contributed by atoms with van der Waals surface area (Å²) in [5.74, 6) is 0. The first-order valence-electron chi connectivity index (χ1n) is 6.53. The van der Waals surface area contributed by atoms with Crippen LogP contribution in [0.2, 0.25) is 0 Å². The van der Waals surface area contributed by atoms with E-state index in [0.717, 1.165) is 25.3 Å². The van der Waals surface area contributed by atoms with E-state index < -0.39 is 0 Å². The van der Waals surface area contributed by atoms with Crippen molar-refractivity contribution in [2.75, 3.05) is 38.0 Å². The normalized spacial score (nSPS) is 16.1. The average molecular weight is 251 g/mol. The molecule has 1 aromatic heterocycles. The van der Waals surface area contributed by atoms with Crippen LogP contribution in [0.5, 0.6) is 0 Å². The largest absolute Gasteiger partial charge is 0.382 e. The standard InChI is InChI=1S/C12H21N5O/c13-3-4-14-11-9-12(18)17(15-10-11)8-7-16-5-1-2-6-16/h9-10,14H,1-8,13H2. The second kappa shape index (κ2) is 6.51. The monoisotopic (exact) mass is 251 g/mol. The summed E-state index contributed by atoms with van der Waals surface area (Å²) in [6.07, 6.45) is 4.22. The Morgan fingerprint density at radius 1 is 1.33 bits per heavy atom. The average Bonchev–Trinajstić information content (AvgIpc) is 2.88. The lowest BCUT2D eigenvalue weighted by atomic mass is 10.4. The molecule has 1 aromatic rings. The lowest BCUT2D eigenvalue weighted by Crippen LogP contribution is -2.30. The Balaban J connectivity index is 1.90. The first kappa shape index (κ1) is 13.0. The van der Waals surface area contributed by atoms with Gasteiger partial charge in [0.05, 0.1) is 18.4 Å². The molecule has 0 aliphatic carbocycles. The second-order valence-corrected chi connectivity index (χ2v) is 4.57. The molecule has 2 heterocycles. The molecule has 18 heavy (non-hydrogen) atoms. The molecule has 1 aliphatic heterocycles. The van der Waals surface area contributed by atoms with Crippen LogP contribution in [0.4, 0.5) is 5.69 Å². The number of rotatable bonds is 6. The van der Waals surface area contributed by atoms with E-state index in [1.807, 2.05) is 0 Å². The van der Waals surface area contributed by atoms with Crippen molar-refractivity contribution in [1.82, 2.24) is 14.7 Å². The van der Waals surface area contributed by atoms with Crippen molar-refractivity contribution in [1.29, 1.82) is 0 Å². The van der Waals surface area contributed by atoms with Gasteiger partial charge in [0.2, 0.25) is 0 Å². The Labute approximate surface area is 107 Å². The van der Waals surface area contributed by atoms with Crippen LogP contribution >= 0.6 is 0 Å². The van der Waals surface area contributed by atoms with Crippen molar-refractivity contribution in [3.8, 4) is 0 Å². The highest BCUT2D eigenvalue weighted by molar-refractivity contribution is 5.38. The molecule has 0 aromatic carbocycles. The van der Waals surface area contributed by atoms with Crippen molar-refractivity contribution in [3.63, 3.8) is 0 Å². The van der Waals surface area contributed by atoms with E-state index in [2.05, 4.69) is 15.3 Å². The van der Waals surface area contributed by atoms with Gasteiger partial charge in [-0.1, -0.05) is 0 Å². The zero-order chi connectivity index (χ0) is 12.8. The molecule has 6 heteroatoms. The molecule has 1 fully saturated rings. The van der Waals surface area contributed by atoms with Gasteiger partial charge in [-0.3, -0.25) is 4.79 Å². The van der Waals surface area contributed by atoms with E-state index in [1.54, 1.807) is 12.3 Å². The Morgan fingerprint density at radius 2 is 2.11 bits per heavy atom. The number of nitrogens with one attached hydrogen (secondary N) is 1. The van der Waals surface area contributed by atoms with Crippen LogP contribution in [0.1, 0.15) is 12.8 Å². The molecule has 2 rings (SSSR count). The van der Waals surface area contributed by atoms with E-state index in [9.17, 15) is 4.79 Å². The summed E-state index contributed by atoms with van der Waals surface area (Å²) < 4.78 is 1.52. The number of hydrogen-bond acceptors (Lipinski definition) is 5. The van der Waals surface area contributed by atoms with Gasteiger partial charge in [-0.2, -0.15) is 5.10 Å². The third-order valence-electron chi connectivity index (χ3n) is 3.17. The van der Waals surface area contributed by atoms with Crippen molar-refractivity contribution in [2.45, 2.75) is 19.4 Å². The van der Waals surface area contributed by atoms with Crippen LogP contribution < -0.4 is 16.6 Å². The fourth-order valence-electron chi connectivity index (χ4n) is 2.16. The van der Waals surface area contributed by atoms with Crippen LogP contribution in [0.25, 0.3) is 0 Å². The van der Waals surface area contributed by atoms with Gasteiger partial charge in [-0.05, 0) is 25.9 Å². The van der Waals surface area contributed by atoms with Gasteiger partial charge < -0.3 is 16.0 Å². The quantitative estimate of drug-likeness (QED) is 0.726. The molecule has 0 spiro atoms. The summed E-state index contributed by atoms with van der Waals surface area (Å²) in [5.41, 5.74) is 6.07. The highest BCUT2D eigenvalue weighted by atomic mass is 16.1. The third kappa shape index (κ3) is 3.54. The highest BCUT2D eigenvalue weighted by Crippen LogP contribution is 2.06. The smallest absolute Gasteiger partial charge is 0.268 e. The van der Waals surface area contributed by atoms with E-state index in [4.69, 9.17) is 5.73 Å². The summed E-state index contributed by atoms with van der Waals surface area (Å²) in [7, 11) is 0. The lowest BCUT2D eigenvalue weighted by Gasteiger charge is -2.14. The first-order valence-corrected chi connectivity index (χ1v) is 6.53. The molecule has 0 amide bonds. The summed E-state index contributed by atoms with van der Waals surface area (Å²) in [6, 6.07) is 1.58. The molecule has 100 valence electrons. The third-order valence-corrected chi connectivity index (χ3v) is 3.17. The Bertz CT molecular complexity index is 425. The number of hydrogen-bond donors (Lipinski definition) is 2. The van der Waals surface area contributed by atoms with Gasteiger partial charge in [-0.15, -0.1) is 0 Å². The highest BCUT2D eigenvalue weighted by Gasteiger charge is 2.11. The lowest BCUT2D eigenvalue weighted by molar-refractivity contribution is 0.312. The molecule has 3 N–H and O–H groups in total. The maximum absolute atomic E-state index is 11.8. The Hall–Kier alpha value is -1.40. The SMILES string of the molecule is NCCNc1cnn(CCN2CCCC2)c(=O)c1. The molecule has 0 saturated carbocycles. The predicted molar refractivity (Wildman–Crippen MR) is 71.7 cm³/mol. The molecule has 0 radical (unpaired) electrons. The molecule has 1 saturated heterocycles. The van der Waals surface area contributed by atoms with Crippen molar-refractivity contribution in [3.05, 3.63) is 22.6 Å². The minimum absolute atomic E-state index is 0.0591. The van der Waals surface area contributed by atoms with Gasteiger partial charge in [0.1, 0.15) is 0 Å². The van der Waals surface area contributed by atoms with Crippen molar-refractivity contribution >= 4 is 5.69 Å². The van der Waals surface area contributed by atoms with E-state index in [0.29, 0.717) is 19.6 Å². The van der Waals surface area contributed by atoms with E-state index >= 15 is 0 Å². The molecule has 6 nitrogen and oxygen atoms in total. The minimum atomic E-state index is -0.0591. The molecule has 0 atom stereocenters. The zero-order valence-electron chi connectivity index (χ0n) is 10.6. The van der Waals surface area contributed by atoms with Gasteiger partial charge >= 0.3 is 0 Å². The zero-order valence-corrected chi connectivity index (χ0v) is 10.6. The maximum Gasteiger partial charge on any atom is 0.268 e. The number of nitrogens with two attached hydrogens (primary N) is 1. The number of aromatic nitrogens is 2. The number of nitrogens with zero attached hydrogens (tertiary/aromatic N) is 3. The Morgan fingerprint density at radius 3 is 2.78 bits per heavy atom. The van der Waals surface area contributed by atoms with Crippen LogP contribution in [-0.2, 0) is 6.54 Å². The van der Waals surface area contributed by atoms with Crippen molar-refractivity contribution in [2.24, 2.45) is 5.73 Å².